The van der Waals surface area contributed by atoms with Gasteiger partial charge in [0.25, 0.3) is 0 Å². The molecule has 0 aliphatic rings. The largest absolute Gasteiger partial charge is 0.481 e. The number of carboxylic acids is 3. The molecule has 228 valence electrons. The SMILES string of the molecule is CCCCCCCCCCCCCCCCCC(=O)O.CCN(CC)CCN.NC(CCC(=O)O)C(=O)O. The fraction of sp³-hybridized carbons (Fsp3) is 0.897. The second-order valence-electron chi connectivity index (χ2n) is 9.79. The van der Waals surface area contributed by atoms with Gasteiger partial charge in [-0.2, -0.15) is 0 Å². The molecule has 0 aliphatic heterocycles. The molecule has 0 heterocycles. The first-order valence-electron chi connectivity index (χ1n) is 15.0. The minimum absolute atomic E-state index is 0.0231. The standard InChI is InChI=1S/C18H36O2.C6H16N2.C5H9NO4/c1-2-3-4-5-6-7-8-9-10-11-12-13-14-15-16-17-18(19)20;1-3-8(4-2)6-5-7;6-3(5(9)10)1-2-4(7)8/h2-17H2,1H3,(H,19,20);3-7H2,1-2H3;3H,1-2,6H2,(H,7,8)(H,9,10). The quantitative estimate of drug-likeness (QED) is 0.0926. The number of carbonyl (C=O) groups is 3. The van der Waals surface area contributed by atoms with Gasteiger partial charge in [0.1, 0.15) is 6.04 Å². The second-order valence-corrected chi connectivity index (χ2v) is 9.79. The third-order valence-corrected chi connectivity index (χ3v) is 6.32. The Labute approximate surface area is 232 Å². The molecule has 0 fully saturated rings. The first-order chi connectivity index (χ1) is 18.2. The van der Waals surface area contributed by atoms with E-state index in [0.29, 0.717) is 6.42 Å². The van der Waals surface area contributed by atoms with E-state index in [2.05, 4.69) is 25.7 Å². The molecular formula is C29H61N3O6. The fourth-order valence-electron chi connectivity index (χ4n) is 3.77. The Kier molecular flexibility index (Phi) is 35.8. The summed E-state index contributed by atoms with van der Waals surface area (Å²) in [7, 11) is 0. The van der Waals surface area contributed by atoms with Gasteiger partial charge < -0.3 is 31.7 Å². The molecule has 0 radical (unpaired) electrons. The van der Waals surface area contributed by atoms with E-state index >= 15 is 0 Å². The van der Waals surface area contributed by atoms with Crippen LogP contribution in [0.25, 0.3) is 0 Å². The average molecular weight is 548 g/mol. The van der Waals surface area contributed by atoms with Crippen LogP contribution in [0.2, 0.25) is 0 Å². The molecule has 0 saturated carbocycles. The van der Waals surface area contributed by atoms with Gasteiger partial charge in [-0.3, -0.25) is 14.4 Å². The molecule has 0 aromatic rings. The third kappa shape index (κ3) is 38.8. The Hall–Kier alpha value is -1.71. The van der Waals surface area contributed by atoms with Crippen LogP contribution in [0.15, 0.2) is 0 Å². The van der Waals surface area contributed by atoms with Crippen LogP contribution in [0.3, 0.4) is 0 Å². The zero-order valence-electron chi connectivity index (χ0n) is 24.8. The summed E-state index contributed by atoms with van der Waals surface area (Å²) in [5.41, 5.74) is 10.3. The van der Waals surface area contributed by atoms with Crippen molar-refractivity contribution < 1.29 is 29.7 Å². The lowest BCUT2D eigenvalue weighted by molar-refractivity contribution is -0.140. The van der Waals surface area contributed by atoms with Gasteiger partial charge in [0.05, 0.1) is 0 Å². The maximum atomic E-state index is 10.3. The van der Waals surface area contributed by atoms with E-state index < -0.39 is 23.9 Å². The van der Waals surface area contributed by atoms with Crippen molar-refractivity contribution in [1.29, 1.82) is 0 Å². The molecule has 1 atom stereocenters. The predicted octanol–water partition coefficient (Wildman–Crippen LogP) is 5.88. The summed E-state index contributed by atoms with van der Waals surface area (Å²) in [6.45, 7) is 10.6. The number of hydrogen-bond donors (Lipinski definition) is 5. The Balaban J connectivity index is -0.000000564. The third-order valence-electron chi connectivity index (χ3n) is 6.32. The van der Waals surface area contributed by atoms with Gasteiger partial charge in [0, 0.05) is 25.9 Å². The van der Waals surface area contributed by atoms with Crippen LogP contribution in [0.5, 0.6) is 0 Å². The van der Waals surface area contributed by atoms with Crippen molar-refractivity contribution in [3.05, 3.63) is 0 Å². The van der Waals surface area contributed by atoms with Crippen molar-refractivity contribution in [2.45, 2.75) is 142 Å². The lowest BCUT2D eigenvalue weighted by Gasteiger charge is -2.15. The number of carboxylic acid groups (broad SMARTS) is 3. The van der Waals surface area contributed by atoms with Gasteiger partial charge >= 0.3 is 17.9 Å². The maximum absolute atomic E-state index is 10.3. The summed E-state index contributed by atoms with van der Waals surface area (Å²) in [5, 5.41) is 24.8. The van der Waals surface area contributed by atoms with Crippen molar-refractivity contribution in [3.63, 3.8) is 0 Å². The smallest absolute Gasteiger partial charge is 0.320 e. The van der Waals surface area contributed by atoms with Gasteiger partial charge in [-0.05, 0) is 25.9 Å². The van der Waals surface area contributed by atoms with Gasteiger partial charge in [-0.1, -0.05) is 111 Å². The van der Waals surface area contributed by atoms with E-state index in [-0.39, 0.29) is 12.8 Å². The van der Waals surface area contributed by atoms with Crippen molar-refractivity contribution in [1.82, 2.24) is 4.90 Å². The summed E-state index contributed by atoms with van der Waals surface area (Å²) < 4.78 is 0. The summed E-state index contributed by atoms with van der Waals surface area (Å²) in [6.07, 6.45) is 20.0. The molecule has 38 heavy (non-hydrogen) atoms. The molecule has 9 heteroatoms. The van der Waals surface area contributed by atoms with Crippen LogP contribution in [0.4, 0.5) is 0 Å². The van der Waals surface area contributed by atoms with E-state index in [1.807, 2.05) is 0 Å². The number of unbranched alkanes of at least 4 members (excludes halogenated alkanes) is 14. The van der Waals surface area contributed by atoms with Crippen LogP contribution >= 0.6 is 0 Å². The molecule has 0 aliphatic carbocycles. The zero-order valence-corrected chi connectivity index (χ0v) is 24.8. The Morgan fingerprint density at radius 2 is 1.00 bits per heavy atom. The highest BCUT2D eigenvalue weighted by Crippen LogP contribution is 2.13. The molecule has 7 N–H and O–H groups in total. The molecule has 0 rings (SSSR count). The van der Waals surface area contributed by atoms with Crippen molar-refractivity contribution in [2.24, 2.45) is 11.5 Å². The average Bonchev–Trinajstić information content (AvgIpc) is 2.88. The van der Waals surface area contributed by atoms with Gasteiger partial charge in [-0.25, -0.2) is 0 Å². The van der Waals surface area contributed by atoms with Crippen LogP contribution < -0.4 is 11.5 Å². The number of likely N-dealkylation sites (N-methyl/N-ethyl adjacent to an activating group) is 1. The van der Waals surface area contributed by atoms with Crippen molar-refractivity contribution in [2.75, 3.05) is 26.2 Å². The normalized spacial score (nSPS) is 11.2. The van der Waals surface area contributed by atoms with Gasteiger partial charge in [-0.15, -0.1) is 0 Å². The topological polar surface area (TPSA) is 167 Å². The van der Waals surface area contributed by atoms with Gasteiger partial charge in [0.15, 0.2) is 0 Å². The number of rotatable bonds is 24. The van der Waals surface area contributed by atoms with E-state index in [1.165, 1.54) is 83.5 Å². The number of nitrogens with zero attached hydrogens (tertiary/aromatic N) is 1. The lowest BCUT2D eigenvalue weighted by atomic mass is 10.0. The number of aliphatic carboxylic acids is 3. The van der Waals surface area contributed by atoms with Crippen LogP contribution in [-0.4, -0.2) is 70.3 Å². The molecule has 0 bridgehead atoms. The molecule has 9 nitrogen and oxygen atoms in total. The van der Waals surface area contributed by atoms with Crippen LogP contribution in [-0.2, 0) is 14.4 Å². The van der Waals surface area contributed by atoms with Crippen LogP contribution in [0, 0.1) is 0 Å². The Morgan fingerprint density at radius 1 is 0.632 bits per heavy atom. The lowest BCUT2D eigenvalue weighted by Crippen LogP contribution is -2.30. The molecular weight excluding hydrogens is 486 g/mol. The number of hydrogen-bond acceptors (Lipinski definition) is 6. The molecule has 0 spiro atoms. The summed E-state index contributed by atoms with van der Waals surface area (Å²) in [6, 6.07) is -1.06. The van der Waals surface area contributed by atoms with E-state index in [9.17, 15) is 14.4 Å². The Bertz CT molecular complexity index is 530. The highest BCUT2D eigenvalue weighted by molar-refractivity contribution is 5.74. The predicted molar refractivity (Wildman–Crippen MR) is 157 cm³/mol. The molecule has 1 unspecified atom stereocenters. The fourth-order valence-corrected chi connectivity index (χ4v) is 3.77. The summed E-state index contributed by atoms with van der Waals surface area (Å²) in [4.78, 5) is 32.5. The summed E-state index contributed by atoms with van der Waals surface area (Å²) >= 11 is 0. The first-order valence-corrected chi connectivity index (χ1v) is 15.0. The van der Waals surface area contributed by atoms with Crippen LogP contribution in [0.1, 0.15) is 136 Å². The molecule has 0 aromatic heterocycles. The maximum Gasteiger partial charge on any atom is 0.320 e. The minimum atomic E-state index is -1.17. The molecule has 0 aromatic carbocycles. The van der Waals surface area contributed by atoms with E-state index in [0.717, 1.165) is 39.0 Å². The zero-order chi connectivity index (χ0) is 29.4. The van der Waals surface area contributed by atoms with Crippen molar-refractivity contribution in [3.8, 4) is 0 Å². The molecule has 0 saturated heterocycles. The second kappa shape index (κ2) is 33.3. The van der Waals surface area contributed by atoms with E-state index in [1.54, 1.807) is 0 Å². The number of nitrogens with two attached hydrogens (primary N) is 2. The summed E-state index contributed by atoms with van der Waals surface area (Å²) in [5.74, 6) is -2.85. The first kappa shape index (κ1) is 40.8. The van der Waals surface area contributed by atoms with Gasteiger partial charge in [0.2, 0.25) is 0 Å². The highest BCUT2D eigenvalue weighted by atomic mass is 16.4. The van der Waals surface area contributed by atoms with E-state index in [4.69, 9.17) is 26.8 Å². The highest BCUT2D eigenvalue weighted by Gasteiger charge is 2.12. The monoisotopic (exact) mass is 547 g/mol. The molecule has 0 amide bonds. The Morgan fingerprint density at radius 3 is 1.26 bits per heavy atom. The van der Waals surface area contributed by atoms with Crippen molar-refractivity contribution >= 4 is 17.9 Å². The minimum Gasteiger partial charge on any atom is -0.481 e.